The number of carbonyl (C=O) groups is 1. The molecule has 1 N–H and O–H groups in total. The third-order valence-electron chi connectivity index (χ3n) is 3.39. The summed E-state index contributed by atoms with van der Waals surface area (Å²) < 4.78 is 5.89. The van der Waals surface area contributed by atoms with Crippen LogP contribution < -0.4 is 4.74 Å². The number of carboxylic acid groups (broad SMARTS) is 1. The van der Waals surface area contributed by atoms with Crippen LogP contribution in [0.15, 0.2) is 24.3 Å². The zero-order valence-electron chi connectivity index (χ0n) is 11.3. The Kier molecular flexibility index (Phi) is 4.80. The van der Waals surface area contributed by atoms with Crippen LogP contribution in [0.25, 0.3) is 0 Å². The fourth-order valence-corrected chi connectivity index (χ4v) is 2.47. The Morgan fingerprint density at radius 2 is 1.95 bits per heavy atom. The lowest BCUT2D eigenvalue weighted by atomic mass is 10.2. The lowest BCUT2D eigenvalue weighted by Gasteiger charge is -2.16. The zero-order valence-corrected chi connectivity index (χ0v) is 11.3. The van der Waals surface area contributed by atoms with Crippen LogP contribution in [-0.2, 0) is 11.3 Å². The molecule has 0 unspecified atom stereocenters. The van der Waals surface area contributed by atoms with Crippen molar-refractivity contribution < 1.29 is 14.6 Å². The first-order valence-electron chi connectivity index (χ1n) is 6.79. The van der Waals surface area contributed by atoms with E-state index in [1.807, 2.05) is 24.3 Å². The summed E-state index contributed by atoms with van der Waals surface area (Å²) in [4.78, 5) is 12.4. The second kappa shape index (κ2) is 6.57. The topological polar surface area (TPSA) is 49.8 Å². The molecule has 1 aromatic carbocycles. The minimum atomic E-state index is -0.802. The fourth-order valence-electron chi connectivity index (χ4n) is 2.47. The van der Waals surface area contributed by atoms with Gasteiger partial charge in [-0.2, -0.15) is 0 Å². The summed E-state index contributed by atoms with van der Waals surface area (Å²) in [6.45, 7) is 0.691. The molecule has 1 fully saturated rings. The van der Waals surface area contributed by atoms with Crippen molar-refractivity contribution in [2.75, 3.05) is 13.6 Å². The second-order valence-corrected chi connectivity index (χ2v) is 5.23. The summed E-state index contributed by atoms with van der Waals surface area (Å²) in [6, 6.07) is 7.95. The quantitative estimate of drug-likeness (QED) is 0.857. The van der Waals surface area contributed by atoms with Crippen molar-refractivity contribution in [3.05, 3.63) is 29.8 Å². The van der Waals surface area contributed by atoms with Crippen LogP contribution >= 0.6 is 0 Å². The number of ether oxygens (including phenoxy) is 1. The number of rotatable bonds is 6. The summed E-state index contributed by atoms with van der Waals surface area (Å²) in [7, 11) is 1.80. The van der Waals surface area contributed by atoms with Crippen molar-refractivity contribution in [2.24, 2.45) is 0 Å². The molecular weight excluding hydrogens is 242 g/mol. The van der Waals surface area contributed by atoms with Gasteiger partial charge in [-0.25, -0.2) is 0 Å². The van der Waals surface area contributed by atoms with Crippen LogP contribution in [0, 0.1) is 0 Å². The maximum absolute atomic E-state index is 10.6. The third-order valence-corrected chi connectivity index (χ3v) is 3.39. The molecule has 4 heteroatoms. The van der Waals surface area contributed by atoms with Gasteiger partial charge < -0.3 is 9.84 Å². The van der Waals surface area contributed by atoms with Crippen LogP contribution in [-0.4, -0.2) is 35.7 Å². The second-order valence-electron chi connectivity index (χ2n) is 5.23. The number of likely N-dealkylation sites (N-methyl/N-ethyl adjacent to an activating group) is 1. The van der Waals surface area contributed by atoms with Crippen molar-refractivity contribution in [3.8, 4) is 5.75 Å². The summed E-state index contributed by atoms with van der Waals surface area (Å²) in [5.74, 6) is 0.111. The van der Waals surface area contributed by atoms with E-state index in [1.54, 1.807) is 11.9 Å². The molecule has 0 spiro atoms. The Bertz CT molecular complexity index is 410. The van der Waals surface area contributed by atoms with Crippen LogP contribution in [0.4, 0.5) is 0 Å². The average molecular weight is 263 g/mol. The van der Waals surface area contributed by atoms with E-state index in [0.29, 0.717) is 12.6 Å². The smallest absolute Gasteiger partial charge is 0.317 e. The number of benzene rings is 1. The summed E-state index contributed by atoms with van der Waals surface area (Å²) in [5, 5.41) is 8.70. The normalized spacial score (nSPS) is 15.9. The van der Waals surface area contributed by atoms with Gasteiger partial charge in [-0.3, -0.25) is 9.69 Å². The van der Waals surface area contributed by atoms with E-state index >= 15 is 0 Å². The van der Waals surface area contributed by atoms with Crippen molar-refractivity contribution in [2.45, 2.75) is 38.3 Å². The van der Waals surface area contributed by atoms with Crippen LogP contribution in [0.2, 0.25) is 0 Å². The molecule has 0 atom stereocenters. The highest BCUT2D eigenvalue weighted by molar-refractivity contribution is 5.69. The first-order chi connectivity index (χ1) is 9.13. The summed E-state index contributed by atoms with van der Waals surface area (Å²) >= 11 is 0. The Morgan fingerprint density at radius 3 is 2.53 bits per heavy atom. The van der Waals surface area contributed by atoms with Crippen molar-refractivity contribution in [1.82, 2.24) is 4.90 Å². The van der Waals surface area contributed by atoms with Crippen LogP contribution in [0.5, 0.6) is 5.75 Å². The highest BCUT2D eigenvalue weighted by atomic mass is 16.5. The van der Waals surface area contributed by atoms with Gasteiger partial charge >= 0.3 is 5.97 Å². The van der Waals surface area contributed by atoms with Crippen molar-refractivity contribution in [3.63, 3.8) is 0 Å². The molecule has 1 aliphatic rings. The Labute approximate surface area is 114 Å². The van der Waals surface area contributed by atoms with E-state index in [4.69, 9.17) is 9.84 Å². The van der Waals surface area contributed by atoms with Crippen LogP contribution in [0.1, 0.15) is 31.2 Å². The molecule has 0 aromatic heterocycles. The average Bonchev–Trinajstić information content (AvgIpc) is 2.83. The molecule has 0 heterocycles. The SMILES string of the molecule is CN(CC(=O)O)Cc1ccc(OC2CCCC2)cc1. The molecule has 1 aliphatic carbocycles. The lowest BCUT2D eigenvalue weighted by molar-refractivity contribution is -0.138. The largest absolute Gasteiger partial charge is 0.490 e. The summed E-state index contributed by atoms with van der Waals surface area (Å²) in [5.41, 5.74) is 1.10. The molecule has 19 heavy (non-hydrogen) atoms. The molecule has 0 saturated heterocycles. The number of hydrogen-bond acceptors (Lipinski definition) is 3. The van der Waals surface area contributed by atoms with Gasteiger partial charge in [0.25, 0.3) is 0 Å². The highest BCUT2D eigenvalue weighted by Gasteiger charge is 2.16. The number of hydrogen-bond donors (Lipinski definition) is 1. The third kappa shape index (κ3) is 4.56. The molecule has 4 nitrogen and oxygen atoms in total. The standard InChI is InChI=1S/C15H21NO3/c1-16(11-15(17)18)10-12-6-8-14(9-7-12)19-13-4-2-3-5-13/h6-9,13H,2-5,10-11H2,1H3,(H,17,18). The van der Waals surface area contributed by atoms with Gasteiger partial charge in [-0.05, 0) is 50.4 Å². The predicted molar refractivity (Wildman–Crippen MR) is 73.3 cm³/mol. The maximum Gasteiger partial charge on any atom is 0.317 e. The number of carboxylic acids is 1. The van der Waals surface area contributed by atoms with E-state index in [0.717, 1.165) is 24.2 Å². The minimum absolute atomic E-state index is 0.0559. The van der Waals surface area contributed by atoms with Crippen molar-refractivity contribution in [1.29, 1.82) is 0 Å². The van der Waals surface area contributed by atoms with E-state index in [1.165, 1.54) is 12.8 Å². The minimum Gasteiger partial charge on any atom is -0.490 e. The van der Waals surface area contributed by atoms with Gasteiger partial charge in [0.1, 0.15) is 5.75 Å². The Balaban J connectivity index is 1.85. The molecule has 1 saturated carbocycles. The number of aliphatic carboxylic acids is 1. The Hall–Kier alpha value is -1.55. The van der Waals surface area contributed by atoms with Crippen molar-refractivity contribution >= 4 is 5.97 Å². The monoisotopic (exact) mass is 263 g/mol. The zero-order chi connectivity index (χ0) is 13.7. The van der Waals surface area contributed by atoms with E-state index in [9.17, 15) is 4.79 Å². The highest BCUT2D eigenvalue weighted by Crippen LogP contribution is 2.24. The first kappa shape index (κ1) is 13.9. The molecule has 2 rings (SSSR count). The van der Waals surface area contributed by atoms with Gasteiger partial charge in [0.05, 0.1) is 12.6 Å². The fraction of sp³-hybridized carbons (Fsp3) is 0.533. The summed E-state index contributed by atoms with van der Waals surface area (Å²) in [6.07, 6.45) is 5.22. The molecule has 1 aromatic rings. The Morgan fingerprint density at radius 1 is 1.32 bits per heavy atom. The van der Waals surface area contributed by atoms with Gasteiger partial charge in [0, 0.05) is 6.54 Å². The van der Waals surface area contributed by atoms with Gasteiger partial charge in [-0.1, -0.05) is 12.1 Å². The molecule has 104 valence electrons. The molecule has 0 bridgehead atoms. The molecular formula is C15H21NO3. The molecule has 0 aliphatic heterocycles. The molecule has 0 radical (unpaired) electrons. The van der Waals surface area contributed by atoms with E-state index < -0.39 is 5.97 Å². The van der Waals surface area contributed by atoms with Gasteiger partial charge in [0.15, 0.2) is 0 Å². The maximum atomic E-state index is 10.6. The van der Waals surface area contributed by atoms with E-state index in [2.05, 4.69) is 0 Å². The van der Waals surface area contributed by atoms with Gasteiger partial charge in [-0.15, -0.1) is 0 Å². The number of nitrogens with zero attached hydrogens (tertiary/aromatic N) is 1. The predicted octanol–water partition coefficient (Wildman–Crippen LogP) is 2.52. The van der Waals surface area contributed by atoms with Gasteiger partial charge in [0.2, 0.25) is 0 Å². The first-order valence-corrected chi connectivity index (χ1v) is 6.79. The molecule has 0 amide bonds. The lowest BCUT2D eigenvalue weighted by Crippen LogP contribution is -2.25. The van der Waals surface area contributed by atoms with E-state index in [-0.39, 0.29) is 6.54 Å². The van der Waals surface area contributed by atoms with Crippen LogP contribution in [0.3, 0.4) is 0 Å².